The largest absolute Gasteiger partial charge is 0.480 e. The van der Waals surface area contributed by atoms with Gasteiger partial charge in [0.2, 0.25) is 11.8 Å². The van der Waals surface area contributed by atoms with Crippen LogP contribution in [0.1, 0.15) is 6.92 Å². The number of aromatic nitrogens is 1. The van der Waals surface area contributed by atoms with E-state index < -0.39 is 17.9 Å². The van der Waals surface area contributed by atoms with Crippen molar-refractivity contribution in [3.63, 3.8) is 0 Å². The highest BCUT2D eigenvalue weighted by molar-refractivity contribution is 8.00. The second-order valence-electron chi connectivity index (χ2n) is 4.00. The Morgan fingerprint density at radius 1 is 1.48 bits per heavy atom. The van der Waals surface area contributed by atoms with E-state index in [2.05, 4.69) is 15.6 Å². The molecule has 0 bridgehead atoms. The fraction of sp³-hybridized carbons (Fsp3) is 0.333. The van der Waals surface area contributed by atoms with Gasteiger partial charge in [0.1, 0.15) is 6.04 Å². The van der Waals surface area contributed by atoms with Crippen LogP contribution in [-0.2, 0) is 14.4 Å². The highest BCUT2D eigenvalue weighted by Crippen LogP contribution is 2.17. The molecule has 0 spiro atoms. The van der Waals surface area contributed by atoms with Gasteiger partial charge in [-0.2, -0.15) is 0 Å². The van der Waals surface area contributed by atoms with Crippen molar-refractivity contribution in [2.24, 2.45) is 0 Å². The van der Waals surface area contributed by atoms with E-state index in [4.69, 9.17) is 16.7 Å². The minimum Gasteiger partial charge on any atom is -0.480 e. The highest BCUT2D eigenvalue weighted by Gasteiger charge is 2.18. The van der Waals surface area contributed by atoms with Crippen LogP contribution in [0.15, 0.2) is 18.3 Å². The molecule has 21 heavy (non-hydrogen) atoms. The molecule has 1 aromatic heterocycles. The van der Waals surface area contributed by atoms with Crippen LogP contribution >= 0.6 is 23.4 Å². The Morgan fingerprint density at radius 3 is 2.76 bits per heavy atom. The Kier molecular flexibility index (Phi) is 6.97. The summed E-state index contributed by atoms with van der Waals surface area (Å²) >= 11 is 6.89. The number of aliphatic carboxylic acids is 1. The molecule has 0 aliphatic rings. The van der Waals surface area contributed by atoms with Crippen molar-refractivity contribution in [2.75, 3.05) is 16.8 Å². The lowest BCUT2D eigenvalue weighted by atomic mass is 10.3. The van der Waals surface area contributed by atoms with E-state index in [9.17, 15) is 14.4 Å². The molecule has 1 heterocycles. The quantitative estimate of drug-likeness (QED) is 0.643. The minimum absolute atomic E-state index is 0.0363. The number of hydrogen-bond donors (Lipinski definition) is 3. The SMILES string of the molecule is CC(=O)NC(CSCC(=O)Nc1cccnc1Cl)C(=O)O. The predicted molar refractivity (Wildman–Crippen MR) is 80.4 cm³/mol. The maximum absolute atomic E-state index is 11.7. The van der Waals surface area contributed by atoms with Crippen LogP contribution in [-0.4, -0.2) is 45.4 Å². The van der Waals surface area contributed by atoms with Crippen molar-refractivity contribution in [1.29, 1.82) is 0 Å². The van der Waals surface area contributed by atoms with Gasteiger partial charge in [0, 0.05) is 18.9 Å². The lowest BCUT2D eigenvalue weighted by Crippen LogP contribution is -2.41. The number of carbonyl (C=O) groups is 3. The smallest absolute Gasteiger partial charge is 0.327 e. The van der Waals surface area contributed by atoms with Gasteiger partial charge in [-0.1, -0.05) is 11.6 Å². The zero-order chi connectivity index (χ0) is 15.8. The van der Waals surface area contributed by atoms with Crippen molar-refractivity contribution in [1.82, 2.24) is 10.3 Å². The van der Waals surface area contributed by atoms with Crippen LogP contribution < -0.4 is 10.6 Å². The standard InChI is InChI=1S/C12H14ClN3O4S/c1-7(17)15-9(12(19)20)5-21-6-10(18)16-8-3-2-4-14-11(8)13/h2-4,9H,5-6H2,1H3,(H,15,17)(H,16,18)(H,19,20). The number of nitrogens with zero attached hydrogens (tertiary/aromatic N) is 1. The van der Waals surface area contributed by atoms with Crippen molar-refractivity contribution >= 4 is 46.8 Å². The molecular weight excluding hydrogens is 318 g/mol. The van der Waals surface area contributed by atoms with E-state index >= 15 is 0 Å². The van der Waals surface area contributed by atoms with Crippen LogP contribution in [0.2, 0.25) is 5.15 Å². The maximum atomic E-state index is 11.7. The lowest BCUT2D eigenvalue weighted by Gasteiger charge is -2.12. The molecular formula is C12H14ClN3O4S. The van der Waals surface area contributed by atoms with Crippen LogP contribution in [0.3, 0.4) is 0 Å². The molecule has 0 radical (unpaired) electrons. The third-order valence-corrected chi connectivity index (χ3v) is 3.56. The lowest BCUT2D eigenvalue weighted by molar-refractivity contribution is -0.140. The Hall–Kier alpha value is -1.80. The van der Waals surface area contributed by atoms with Gasteiger partial charge in [0.25, 0.3) is 0 Å². The molecule has 1 atom stereocenters. The number of anilines is 1. The van der Waals surface area contributed by atoms with Gasteiger partial charge in [-0.3, -0.25) is 9.59 Å². The molecule has 1 rings (SSSR count). The van der Waals surface area contributed by atoms with Gasteiger partial charge in [0.05, 0.1) is 11.4 Å². The van der Waals surface area contributed by atoms with Crippen molar-refractivity contribution in [3.8, 4) is 0 Å². The third kappa shape index (κ3) is 6.46. The molecule has 114 valence electrons. The van der Waals surface area contributed by atoms with Crippen molar-refractivity contribution in [2.45, 2.75) is 13.0 Å². The van der Waals surface area contributed by atoms with E-state index in [0.717, 1.165) is 11.8 Å². The molecule has 0 aromatic carbocycles. The average molecular weight is 332 g/mol. The number of amides is 2. The fourth-order valence-electron chi connectivity index (χ4n) is 1.36. The first kappa shape index (κ1) is 17.3. The molecule has 7 nitrogen and oxygen atoms in total. The zero-order valence-corrected chi connectivity index (χ0v) is 12.7. The topological polar surface area (TPSA) is 108 Å². The highest BCUT2D eigenvalue weighted by atomic mass is 35.5. The van der Waals surface area contributed by atoms with E-state index in [1.807, 2.05) is 0 Å². The molecule has 0 saturated heterocycles. The van der Waals surface area contributed by atoms with E-state index in [1.54, 1.807) is 12.1 Å². The van der Waals surface area contributed by atoms with Gasteiger partial charge in [-0.15, -0.1) is 11.8 Å². The molecule has 0 aliphatic heterocycles. The first-order valence-corrected chi connectivity index (χ1v) is 7.41. The van der Waals surface area contributed by atoms with Gasteiger partial charge < -0.3 is 15.7 Å². The van der Waals surface area contributed by atoms with Crippen LogP contribution in [0, 0.1) is 0 Å². The van der Waals surface area contributed by atoms with E-state index in [0.29, 0.717) is 5.69 Å². The van der Waals surface area contributed by atoms with Crippen LogP contribution in [0.25, 0.3) is 0 Å². The first-order chi connectivity index (χ1) is 9.90. The average Bonchev–Trinajstić information content (AvgIpc) is 2.39. The zero-order valence-electron chi connectivity index (χ0n) is 11.1. The van der Waals surface area contributed by atoms with E-state index in [-0.39, 0.29) is 22.6 Å². The second kappa shape index (κ2) is 8.48. The molecule has 0 aliphatic carbocycles. The van der Waals surface area contributed by atoms with E-state index in [1.165, 1.54) is 13.1 Å². The van der Waals surface area contributed by atoms with Gasteiger partial charge >= 0.3 is 5.97 Å². The summed E-state index contributed by atoms with van der Waals surface area (Å²) in [6.07, 6.45) is 1.50. The van der Waals surface area contributed by atoms with Crippen molar-refractivity contribution in [3.05, 3.63) is 23.5 Å². The fourth-order valence-corrected chi connectivity index (χ4v) is 2.36. The molecule has 3 N–H and O–H groups in total. The number of thioether (sulfide) groups is 1. The van der Waals surface area contributed by atoms with Gasteiger partial charge in [-0.25, -0.2) is 9.78 Å². The minimum atomic E-state index is -1.14. The maximum Gasteiger partial charge on any atom is 0.327 e. The summed E-state index contributed by atoms with van der Waals surface area (Å²) in [6, 6.07) is 2.21. The molecule has 1 unspecified atom stereocenters. The normalized spacial score (nSPS) is 11.5. The van der Waals surface area contributed by atoms with Crippen LogP contribution in [0.5, 0.6) is 0 Å². The van der Waals surface area contributed by atoms with Gasteiger partial charge in [0.15, 0.2) is 5.15 Å². The summed E-state index contributed by atoms with van der Waals surface area (Å²) in [7, 11) is 0. The molecule has 0 saturated carbocycles. The molecule has 0 fully saturated rings. The first-order valence-electron chi connectivity index (χ1n) is 5.88. The number of nitrogens with one attached hydrogen (secondary N) is 2. The molecule has 2 amide bonds. The number of rotatable bonds is 7. The van der Waals surface area contributed by atoms with Crippen LogP contribution in [0.4, 0.5) is 5.69 Å². The number of pyridine rings is 1. The Bertz CT molecular complexity index is 541. The second-order valence-corrected chi connectivity index (χ2v) is 5.38. The summed E-state index contributed by atoms with van der Waals surface area (Å²) in [6.45, 7) is 1.23. The Balaban J connectivity index is 2.41. The predicted octanol–water partition coefficient (Wildman–Crippen LogP) is 0.996. The Labute approximate surface area is 130 Å². The Morgan fingerprint density at radius 2 is 2.19 bits per heavy atom. The summed E-state index contributed by atoms with van der Waals surface area (Å²) < 4.78 is 0. The summed E-state index contributed by atoms with van der Waals surface area (Å²) in [5, 5.41) is 13.9. The van der Waals surface area contributed by atoms with Crippen molar-refractivity contribution < 1.29 is 19.5 Å². The molecule has 9 heteroatoms. The number of halogens is 1. The summed E-state index contributed by atoms with van der Waals surface area (Å²) in [5.41, 5.74) is 0.390. The summed E-state index contributed by atoms with van der Waals surface area (Å²) in [4.78, 5) is 37.2. The number of carboxylic acid groups (broad SMARTS) is 1. The number of hydrogen-bond acceptors (Lipinski definition) is 5. The monoisotopic (exact) mass is 331 g/mol. The third-order valence-electron chi connectivity index (χ3n) is 2.23. The number of carboxylic acids is 1. The van der Waals surface area contributed by atoms with Gasteiger partial charge in [-0.05, 0) is 12.1 Å². The summed E-state index contributed by atoms with van der Waals surface area (Å²) in [5.74, 6) is -1.79. The number of carbonyl (C=O) groups excluding carboxylic acids is 2. The molecule has 1 aromatic rings.